The molecule has 0 aliphatic rings. The zero-order chi connectivity index (χ0) is 4.83. The van der Waals surface area contributed by atoms with E-state index in [1.807, 2.05) is 0 Å². The first-order chi connectivity index (χ1) is 2.91. The van der Waals surface area contributed by atoms with Crippen LogP contribution in [0.5, 0.6) is 0 Å². The molecule has 0 aliphatic heterocycles. The lowest BCUT2D eigenvalue weighted by atomic mass is 10.3. The second-order valence-corrected chi connectivity index (χ2v) is 1.56. The lowest BCUT2D eigenvalue weighted by Crippen LogP contribution is -1.97. The van der Waals surface area contributed by atoms with Gasteiger partial charge in [-0.1, -0.05) is 0 Å². The zero-order valence-electron chi connectivity index (χ0n) is 3.78. The molecule has 0 amide bonds. The fraction of sp³-hybridized carbons (Fsp3) is 1.00. The Hall–Kier alpha value is 0.250. The Kier molecular flexibility index (Phi) is 5.47. The third-order valence-electron chi connectivity index (χ3n) is 0.588. The minimum Gasteiger partial charge on any atom is -0.330 e. The number of halogens is 1. The number of rotatable bonds is 3. The monoisotopic (exact) mass is 107 g/mol. The van der Waals surface area contributed by atoms with Crippen LogP contribution < -0.4 is 5.73 Å². The quantitative estimate of drug-likeness (QED) is 0.422. The van der Waals surface area contributed by atoms with Crippen molar-refractivity contribution in [3.05, 3.63) is 0 Å². The van der Waals surface area contributed by atoms with Crippen molar-refractivity contribution in [1.29, 1.82) is 0 Å². The van der Waals surface area contributed by atoms with E-state index in [-0.39, 0.29) is 0 Å². The first kappa shape index (κ1) is 6.25. The molecule has 0 aromatic heterocycles. The minimum atomic E-state index is 0.747. The maximum absolute atomic E-state index is 5.32. The predicted octanol–water partition coefficient (Wildman–Crippen LogP) is 0.964. The molecule has 1 nitrogen and oxygen atoms in total. The number of hydrogen-bond acceptors (Lipinski definition) is 1. The summed E-state index contributed by atoms with van der Waals surface area (Å²) in [5, 5.41) is 0. The summed E-state index contributed by atoms with van der Waals surface area (Å²) in [6.07, 6.45) is 2.11. The van der Waals surface area contributed by atoms with Crippen molar-refractivity contribution in [2.24, 2.45) is 5.73 Å². The van der Waals surface area contributed by atoms with Crippen molar-refractivity contribution in [2.45, 2.75) is 12.8 Å². The molecule has 0 fully saturated rings. The average molecular weight is 108 g/mol. The lowest BCUT2D eigenvalue weighted by Gasteiger charge is -1.85. The van der Waals surface area contributed by atoms with E-state index in [9.17, 15) is 0 Å². The molecule has 0 radical (unpaired) electrons. The molecule has 0 aromatic carbocycles. The van der Waals surface area contributed by atoms with Gasteiger partial charge in [0.15, 0.2) is 0 Å². The first-order valence-corrected chi connectivity index (χ1v) is 2.71. The van der Waals surface area contributed by atoms with Crippen LogP contribution in [0.1, 0.15) is 12.8 Å². The number of alkyl halides is 1. The van der Waals surface area contributed by atoms with E-state index in [1.165, 1.54) is 0 Å². The summed E-state index contributed by atoms with van der Waals surface area (Å²) in [4.78, 5) is 0. The van der Waals surface area contributed by atoms with Crippen LogP contribution in [0.25, 0.3) is 0 Å². The van der Waals surface area contributed by atoms with E-state index in [1.54, 1.807) is 0 Å². The third-order valence-corrected chi connectivity index (χ3v) is 0.855. The summed E-state index contributed by atoms with van der Waals surface area (Å²) in [7, 11) is 0. The summed E-state index contributed by atoms with van der Waals surface area (Å²) < 4.78 is 0. The second kappa shape index (κ2) is 5.25. The zero-order valence-corrected chi connectivity index (χ0v) is 4.54. The maximum atomic E-state index is 5.32. The van der Waals surface area contributed by atoms with Gasteiger partial charge in [-0.05, 0) is 19.4 Å². The van der Waals surface area contributed by atoms with Gasteiger partial charge in [-0.2, -0.15) is 0 Å². The summed E-state index contributed by atoms with van der Waals surface area (Å²) in [5.41, 5.74) is 5.16. The van der Waals surface area contributed by atoms with Gasteiger partial charge < -0.3 is 5.73 Å². The molecule has 0 rings (SSSR count). The van der Waals surface area contributed by atoms with Gasteiger partial charge in [0.2, 0.25) is 0 Å². The van der Waals surface area contributed by atoms with Gasteiger partial charge in [0.1, 0.15) is 0 Å². The van der Waals surface area contributed by atoms with Crippen LogP contribution in [-0.4, -0.2) is 12.4 Å². The SMILES string of the molecule is NCCCCCl. The molecule has 0 bridgehead atoms. The van der Waals surface area contributed by atoms with Crippen LogP contribution >= 0.6 is 11.6 Å². The molecular weight excluding hydrogens is 97.5 g/mol. The molecule has 6 heavy (non-hydrogen) atoms. The molecule has 0 aromatic rings. The Morgan fingerprint density at radius 2 is 2.00 bits per heavy atom. The van der Waals surface area contributed by atoms with Gasteiger partial charge in [0.25, 0.3) is 0 Å². The maximum Gasteiger partial charge on any atom is 0.0223 e. The van der Waals surface area contributed by atoms with Gasteiger partial charge >= 0.3 is 0 Å². The van der Waals surface area contributed by atoms with E-state index >= 15 is 0 Å². The predicted molar refractivity (Wildman–Crippen MR) is 29.0 cm³/mol. The van der Waals surface area contributed by atoms with Crippen LogP contribution in [-0.2, 0) is 0 Å². The smallest absolute Gasteiger partial charge is 0.0223 e. The Morgan fingerprint density at radius 1 is 1.33 bits per heavy atom. The Bertz CT molecular complexity index is 19.5. The largest absolute Gasteiger partial charge is 0.330 e. The van der Waals surface area contributed by atoms with Crippen LogP contribution in [0.15, 0.2) is 0 Å². The molecule has 0 aliphatic carbocycles. The summed E-state index contributed by atoms with van der Waals surface area (Å²) >= 11 is 5.32. The fourth-order valence-corrected chi connectivity index (χ4v) is 0.428. The Balaban J connectivity index is 2.34. The van der Waals surface area contributed by atoms with E-state index in [4.69, 9.17) is 17.3 Å². The van der Waals surface area contributed by atoms with Gasteiger partial charge in [-0.3, -0.25) is 0 Å². The van der Waals surface area contributed by atoms with Crippen molar-refractivity contribution >= 4 is 11.6 Å². The van der Waals surface area contributed by atoms with Gasteiger partial charge in [0.05, 0.1) is 0 Å². The van der Waals surface area contributed by atoms with E-state index in [2.05, 4.69) is 0 Å². The highest BCUT2D eigenvalue weighted by atomic mass is 35.5. The second-order valence-electron chi connectivity index (χ2n) is 1.18. The molecule has 0 unspecified atom stereocenters. The van der Waals surface area contributed by atoms with Crippen molar-refractivity contribution < 1.29 is 0 Å². The fourth-order valence-electron chi connectivity index (χ4n) is 0.239. The average Bonchev–Trinajstić information content (AvgIpc) is 1.61. The molecule has 2 N–H and O–H groups in total. The minimum absolute atomic E-state index is 0.747. The molecule has 0 spiro atoms. The summed E-state index contributed by atoms with van der Waals surface area (Å²) in [5.74, 6) is 0.747. The van der Waals surface area contributed by atoms with Crippen LogP contribution in [0.3, 0.4) is 0 Å². The molecule has 0 saturated heterocycles. The van der Waals surface area contributed by atoms with E-state index < -0.39 is 0 Å². The number of hydrogen-bond donors (Lipinski definition) is 1. The van der Waals surface area contributed by atoms with Gasteiger partial charge in [-0.25, -0.2) is 0 Å². The Morgan fingerprint density at radius 3 is 2.17 bits per heavy atom. The normalized spacial score (nSPS) is 9.00. The van der Waals surface area contributed by atoms with Crippen molar-refractivity contribution in [3.63, 3.8) is 0 Å². The molecular formula is C4H10ClN. The lowest BCUT2D eigenvalue weighted by molar-refractivity contribution is 0.812. The van der Waals surface area contributed by atoms with Crippen molar-refractivity contribution in [1.82, 2.24) is 0 Å². The van der Waals surface area contributed by atoms with Crippen LogP contribution in [0.2, 0.25) is 0 Å². The van der Waals surface area contributed by atoms with Gasteiger partial charge in [0, 0.05) is 5.88 Å². The summed E-state index contributed by atoms with van der Waals surface area (Å²) in [6, 6.07) is 0. The highest BCUT2D eigenvalue weighted by Crippen LogP contribution is 1.86. The first-order valence-electron chi connectivity index (χ1n) is 2.18. The number of nitrogens with two attached hydrogens (primary N) is 1. The molecule has 0 atom stereocenters. The van der Waals surface area contributed by atoms with E-state index in [0.717, 1.165) is 25.3 Å². The molecule has 38 valence electrons. The highest BCUT2D eigenvalue weighted by Gasteiger charge is 1.76. The van der Waals surface area contributed by atoms with Crippen LogP contribution in [0.4, 0.5) is 0 Å². The van der Waals surface area contributed by atoms with Crippen molar-refractivity contribution in [2.75, 3.05) is 12.4 Å². The number of unbranched alkanes of at least 4 members (excludes halogenated alkanes) is 1. The van der Waals surface area contributed by atoms with Gasteiger partial charge in [-0.15, -0.1) is 11.6 Å². The third kappa shape index (κ3) is 4.25. The standard InChI is InChI=1S/C4H10ClN/c5-3-1-2-4-6/h1-4,6H2. The Labute approximate surface area is 43.5 Å². The molecule has 2 heteroatoms. The topological polar surface area (TPSA) is 26.0 Å². The molecule has 0 saturated carbocycles. The molecule has 0 heterocycles. The van der Waals surface area contributed by atoms with E-state index in [0.29, 0.717) is 0 Å². The highest BCUT2D eigenvalue weighted by molar-refractivity contribution is 6.17. The summed E-state index contributed by atoms with van der Waals surface area (Å²) in [6.45, 7) is 0.771. The van der Waals surface area contributed by atoms with Crippen LogP contribution in [0, 0.1) is 0 Å². The van der Waals surface area contributed by atoms with Crippen molar-refractivity contribution in [3.8, 4) is 0 Å².